The number of hydrogen-bond donors (Lipinski definition) is 1. The second-order valence-electron chi connectivity index (χ2n) is 4.76. The van der Waals surface area contributed by atoms with E-state index in [-0.39, 0.29) is 0 Å². The van der Waals surface area contributed by atoms with Crippen molar-refractivity contribution in [2.45, 2.75) is 31.7 Å². The van der Waals surface area contributed by atoms with Gasteiger partial charge < -0.3 is 10.1 Å². The van der Waals surface area contributed by atoms with Crippen LogP contribution in [0.15, 0.2) is 22.7 Å². The maximum atomic E-state index is 5.25. The van der Waals surface area contributed by atoms with E-state index in [9.17, 15) is 0 Å². The number of methoxy groups -OCH3 is 1. The number of ether oxygens (including phenoxy) is 1. The van der Waals surface area contributed by atoms with Crippen LogP contribution in [0, 0.1) is 5.92 Å². The topological polar surface area (TPSA) is 21.3 Å². The fraction of sp³-hybridized carbons (Fsp3) is 0.571. The summed E-state index contributed by atoms with van der Waals surface area (Å²) in [6.45, 7) is 0. The Morgan fingerprint density at radius 2 is 2.24 bits per heavy atom. The Balaban J connectivity index is 2.03. The van der Waals surface area contributed by atoms with Crippen molar-refractivity contribution in [3.63, 3.8) is 0 Å². The van der Waals surface area contributed by atoms with Gasteiger partial charge in [0.05, 0.1) is 11.6 Å². The molecule has 0 amide bonds. The molecular formula is C14H20BrNO. The lowest BCUT2D eigenvalue weighted by atomic mass is 10.0. The summed E-state index contributed by atoms with van der Waals surface area (Å²) in [5, 5.41) is 3.40. The molecule has 1 N–H and O–H groups in total. The van der Waals surface area contributed by atoms with Crippen molar-refractivity contribution in [3.8, 4) is 5.75 Å². The van der Waals surface area contributed by atoms with Crippen LogP contribution in [0.4, 0.5) is 0 Å². The highest BCUT2D eigenvalue weighted by molar-refractivity contribution is 9.10. The number of rotatable bonds is 6. The molecule has 1 atom stereocenters. The molecule has 0 bridgehead atoms. The zero-order chi connectivity index (χ0) is 12.3. The third-order valence-corrected chi connectivity index (χ3v) is 4.11. The van der Waals surface area contributed by atoms with Crippen molar-refractivity contribution in [2.75, 3.05) is 14.2 Å². The van der Waals surface area contributed by atoms with Crippen LogP contribution in [0.25, 0.3) is 0 Å². The van der Waals surface area contributed by atoms with E-state index < -0.39 is 0 Å². The molecule has 1 aromatic carbocycles. The second-order valence-corrected chi connectivity index (χ2v) is 5.61. The summed E-state index contributed by atoms with van der Waals surface area (Å²) in [5.74, 6) is 1.89. The first-order chi connectivity index (χ1) is 8.24. The smallest absolute Gasteiger partial charge is 0.133 e. The predicted octanol–water partition coefficient (Wildman–Crippen LogP) is 3.91. The van der Waals surface area contributed by atoms with Crippen LogP contribution in [0.3, 0.4) is 0 Å². The Hall–Kier alpha value is -0.540. The number of halogens is 1. The van der Waals surface area contributed by atoms with Gasteiger partial charge in [0.2, 0.25) is 0 Å². The first-order valence-corrected chi connectivity index (χ1v) is 7.04. The first-order valence-electron chi connectivity index (χ1n) is 6.25. The lowest BCUT2D eigenvalue weighted by molar-refractivity contribution is 0.411. The quantitative estimate of drug-likeness (QED) is 0.860. The van der Waals surface area contributed by atoms with E-state index in [2.05, 4.69) is 33.4 Å². The van der Waals surface area contributed by atoms with Gasteiger partial charge in [-0.2, -0.15) is 0 Å². The average Bonchev–Trinajstić information content (AvgIpc) is 3.14. The third kappa shape index (κ3) is 3.46. The molecule has 1 aliphatic rings. The van der Waals surface area contributed by atoms with Crippen molar-refractivity contribution in [2.24, 2.45) is 5.92 Å². The van der Waals surface area contributed by atoms with Gasteiger partial charge in [0.1, 0.15) is 5.75 Å². The molecule has 0 radical (unpaired) electrons. The van der Waals surface area contributed by atoms with Crippen LogP contribution >= 0.6 is 15.9 Å². The standard InChI is InChI=1S/C14H20BrNO/c1-16-13(7-5-10-3-4-10)11-6-8-14(17-2)12(15)9-11/h6,8-10,13,16H,3-5,7H2,1-2H3. The Kier molecular flexibility index (Phi) is 4.46. The zero-order valence-electron chi connectivity index (χ0n) is 10.5. The fourth-order valence-corrected chi connectivity index (χ4v) is 2.74. The molecule has 1 saturated carbocycles. The molecule has 0 aromatic heterocycles. The van der Waals surface area contributed by atoms with Gasteiger partial charge in [-0.15, -0.1) is 0 Å². The summed E-state index contributed by atoms with van der Waals surface area (Å²) in [6.07, 6.45) is 5.43. The Morgan fingerprint density at radius 3 is 2.76 bits per heavy atom. The van der Waals surface area contributed by atoms with Crippen LogP contribution in [0.2, 0.25) is 0 Å². The van der Waals surface area contributed by atoms with Gasteiger partial charge in [0.15, 0.2) is 0 Å². The molecule has 3 heteroatoms. The molecule has 0 spiro atoms. The Labute approximate surface area is 112 Å². The lowest BCUT2D eigenvalue weighted by Gasteiger charge is -2.17. The molecule has 0 heterocycles. The van der Waals surface area contributed by atoms with Crippen molar-refractivity contribution < 1.29 is 4.74 Å². The van der Waals surface area contributed by atoms with E-state index >= 15 is 0 Å². The van der Waals surface area contributed by atoms with E-state index in [0.29, 0.717) is 6.04 Å². The Morgan fingerprint density at radius 1 is 1.47 bits per heavy atom. The highest BCUT2D eigenvalue weighted by Gasteiger charge is 2.22. The van der Waals surface area contributed by atoms with Crippen LogP contribution in [0.5, 0.6) is 5.75 Å². The monoisotopic (exact) mass is 297 g/mol. The Bertz CT molecular complexity index is 376. The SMILES string of the molecule is CNC(CCC1CC1)c1ccc(OC)c(Br)c1. The van der Waals surface area contributed by atoms with E-state index in [0.717, 1.165) is 16.1 Å². The summed E-state index contributed by atoms with van der Waals surface area (Å²) >= 11 is 3.54. The van der Waals surface area contributed by atoms with Crippen molar-refractivity contribution in [3.05, 3.63) is 28.2 Å². The molecule has 17 heavy (non-hydrogen) atoms. The summed E-state index contributed by atoms with van der Waals surface area (Å²) in [5.41, 5.74) is 1.33. The first kappa shape index (κ1) is 12.9. The molecule has 2 rings (SSSR count). The maximum Gasteiger partial charge on any atom is 0.133 e. The normalized spacial score (nSPS) is 16.9. The molecule has 2 nitrogen and oxygen atoms in total. The fourth-order valence-electron chi connectivity index (χ4n) is 2.19. The van der Waals surface area contributed by atoms with Gasteiger partial charge in [-0.05, 0) is 59.4 Å². The molecular weight excluding hydrogens is 278 g/mol. The zero-order valence-corrected chi connectivity index (χ0v) is 12.1. The predicted molar refractivity (Wildman–Crippen MR) is 74.5 cm³/mol. The molecule has 0 aliphatic heterocycles. The third-order valence-electron chi connectivity index (χ3n) is 3.49. The summed E-state index contributed by atoms with van der Waals surface area (Å²) in [4.78, 5) is 0. The summed E-state index contributed by atoms with van der Waals surface area (Å²) < 4.78 is 6.29. The van der Waals surface area contributed by atoms with E-state index in [1.54, 1.807) is 7.11 Å². The van der Waals surface area contributed by atoms with Crippen LogP contribution in [0.1, 0.15) is 37.3 Å². The van der Waals surface area contributed by atoms with Crippen molar-refractivity contribution in [1.29, 1.82) is 0 Å². The highest BCUT2D eigenvalue weighted by Crippen LogP contribution is 2.36. The number of nitrogens with one attached hydrogen (secondary N) is 1. The molecule has 1 fully saturated rings. The van der Waals surface area contributed by atoms with Crippen LogP contribution < -0.4 is 10.1 Å². The van der Waals surface area contributed by atoms with Gasteiger partial charge in [-0.1, -0.05) is 18.9 Å². The number of hydrogen-bond acceptors (Lipinski definition) is 2. The summed E-state index contributed by atoms with van der Waals surface area (Å²) in [6, 6.07) is 6.80. The minimum atomic E-state index is 0.456. The highest BCUT2D eigenvalue weighted by atomic mass is 79.9. The van der Waals surface area contributed by atoms with Gasteiger partial charge in [0, 0.05) is 6.04 Å². The average molecular weight is 298 g/mol. The number of benzene rings is 1. The van der Waals surface area contributed by atoms with Crippen LogP contribution in [-0.2, 0) is 0 Å². The second kappa shape index (κ2) is 5.87. The van der Waals surface area contributed by atoms with E-state index in [4.69, 9.17) is 4.74 Å². The molecule has 0 saturated heterocycles. The van der Waals surface area contributed by atoms with Gasteiger partial charge in [-0.3, -0.25) is 0 Å². The largest absolute Gasteiger partial charge is 0.496 e. The van der Waals surface area contributed by atoms with Gasteiger partial charge >= 0.3 is 0 Å². The lowest BCUT2D eigenvalue weighted by Crippen LogP contribution is -2.16. The minimum Gasteiger partial charge on any atom is -0.496 e. The van der Waals surface area contributed by atoms with E-state index in [1.807, 2.05) is 13.1 Å². The van der Waals surface area contributed by atoms with Crippen molar-refractivity contribution in [1.82, 2.24) is 5.32 Å². The molecule has 1 aromatic rings. The van der Waals surface area contributed by atoms with Gasteiger partial charge in [0.25, 0.3) is 0 Å². The minimum absolute atomic E-state index is 0.456. The van der Waals surface area contributed by atoms with Gasteiger partial charge in [-0.25, -0.2) is 0 Å². The molecule has 1 aliphatic carbocycles. The van der Waals surface area contributed by atoms with Crippen molar-refractivity contribution >= 4 is 15.9 Å². The molecule has 1 unspecified atom stereocenters. The van der Waals surface area contributed by atoms with E-state index in [1.165, 1.54) is 31.2 Å². The molecule has 94 valence electrons. The summed E-state index contributed by atoms with van der Waals surface area (Å²) in [7, 11) is 3.73. The van der Waals surface area contributed by atoms with Crippen LogP contribution in [-0.4, -0.2) is 14.2 Å². The maximum absolute atomic E-state index is 5.25.